The van der Waals surface area contributed by atoms with Crippen LogP contribution in [0.1, 0.15) is 124 Å². The first-order valence-electron chi connectivity index (χ1n) is 19.8. The molecule has 0 bridgehead atoms. The summed E-state index contributed by atoms with van der Waals surface area (Å²) in [6, 6.07) is 21.2. The second kappa shape index (κ2) is 12.9. The van der Waals surface area contributed by atoms with E-state index in [2.05, 4.69) is 115 Å². The fourth-order valence-electron chi connectivity index (χ4n) is 13.0. The summed E-state index contributed by atoms with van der Waals surface area (Å²) in [4.78, 5) is 12.5. The number of hydrogen-bond acceptors (Lipinski definition) is 4. The molecule has 50 heavy (non-hydrogen) atoms. The van der Waals surface area contributed by atoms with E-state index in [-0.39, 0.29) is 50.7 Å². The monoisotopic (exact) mass is 680 g/mol. The number of allylic oxidation sites excluding steroid dienone is 2. The van der Waals surface area contributed by atoms with Crippen molar-refractivity contribution in [2.45, 2.75) is 139 Å². The van der Waals surface area contributed by atoms with Gasteiger partial charge in [0.05, 0.1) is 25.9 Å². The van der Waals surface area contributed by atoms with Crippen LogP contribution in [0.3, 0.4) is 0 Å². The molecule has 0 saturated heterocycles. The van der Waals surface area contributed by atoms with Gasteiger partial charge in [0.2, 0.25) is 0 Å². The standard InChI is InChI=1S/C46H64O4/c1-32(47)50-39-22-23-43(5)37(44(39,6)31-48-29-33-15-11-9-12-16-33)21-24-46(8)38(43)20-19-35-36-27-41(2,3)28-40(42(36,4)25-26-45(35,46)7)49-30-34-17-13-10-14-18-34/h9-19,36-40H,20-31H2,1-8H3/t36-,37?,38-,39+,40-,42-,43+,44+,45-,46-/m1/s1. The van der Waals surface area contributed by atoms with Crippen LogP contribution in [-0.4, -0.2) is 24.8 Å². The van der Waals surface area contributed by atoms with Gasteiger partial charge in [0.1, 0.15) is 6.10 Å². The third-order valence-corrected chi connectivity index (χ3v) is 16.0. The van der Waals surface area contributed by atoms with Gasteiger partial charge in [0, 0.05) is 17.8 Å². The first-order valence-corrected chi connectivity index (χ1v) is 19.8. The van der Waals surface area contributed by atoms with E-state index in [0.29, 0.717) is 37.6 Å². The van der Waals surface area contributed by atoms with E-state index in [1.165, 1.54) is 36.8 Å². The maximum atomic E-state index is 12.5. The zero-order valence-electron chi connectivity index (χ0n) is 32.4. The van der Waals surface area contributed by atoms with Crippen molar-refractivity contribution in [2.24, 2.45) is 50.2 Å². The molecule has 2 aromatic carbocycles. The van der Waals surface area contributed by atoms with Gasteiger partial charge in [0.15, 0.2) is 0 Å². The minimum Gasteiger partial charge on any atom is -0.462 e. The van der Waals surface area contributed by atoms with E-state index in [0.717, 1.165) is 32.1 Å². The lowest BCUT2D eigenvalue weighted by atomic mass is 9.33. The summed E-state index contributed by atoms with van der Waals surface area (Å²) in [7, 11) is 0. The van der Waals surface area contributed by atoms with Crippen molar-refractivity contribution in [3.8, 4) is 0 Å². The van der Waals surface area contributed by atoms with Crippen LogP contribution in [-0.2, 0) is 32.2 Å². The summed E-state index contributed by atoms with van der Waals surface area (Å²) < 4.78 is 19.7. The fraction of sp³-hybridized carbons (Fsp3) is 0.674. The molecule has 1 unspecified atom stereocenters. The highest BCUT2D eigenvalue weighted by molar-refractivity contribution is 5.66. The minimum absolute atomic E-state index is 0.115. The average molecular weight is 681 g/mol. The Morgan fingerprint density at radius 2 is 1.38 bits per heavy atom. The molecule has 0 amide bonds. The summed E-state index contributed by atoms with van der Waals surface area (Å²) in [6.07, 6.45) is 13.3. The number of esters is 1. The SMILES string of the molecule is CC(=O)O[C@H]1CC[C@@]2(C)C(CC[C@]3(C)[C@@H]2CC=C2[C@H]4CC(C)(C)C[C@@H](OCc5ccccc5)[C@]4(C)CC[C@]23C)[C@]1(C)COCc1ccccc1. The van der Waals surface area contributed by atoms with Crippen molar-refractivity contribution in [3.63, 3.8) is 0 Å². The Kier molecular flexibility index (Phi) is 9.28. The van der Waals surface area contributed by atoms with E-state index in [1.807, 2.05) is 0 Å². The van der Waals surface area contributed by atoms with Crippen molar-refractivity contribution >= 4 is 5.97 Å². The number of carbonyl (C=O) groups is 1. The Hall–Kier alpha value is -2.43. The van der Waals surface area contributed by atoms with Crippen molar-refractivity contribution in [2.75, 3.05) is 6.61 Å². The normalized spacial score (nSPS) is 41.8. The van der Waals surface area contributed by atoms with Gasteiger partial charge in [-0.2, -0.15) is 0 Å². The van der Waals surface area contributed by atoms with Crippen molar-refractivity contribution in [3.05, 3.63) is 83.4 Å². The second-order valence-corrected chi connectivity index (χ2v) is 19.3. The number of benzene rings is 2. The van der Waals surface area contributed by atoms with Crippen molar-refractivity contribution in [1.82, 2.24) is 0 Å². The largest absolute Gasteiger partial charge is 0.462 e. The minimum atomic E-state index is -0.235. The van der Waals surface area contributed by atoms with Crippen LogP contribution in [0.5, 0.6) is 0 Å². The first-order chi connectivity index (χ1) is 23.6. The highest BCUT2D eigenvalue weighted by Crippen LogP contribution is 2.76. The fourth-order valence-corrected chi connectivity index (χ4v) is 13.0. The molecule has 0 heterocycles. The van der Waals surface area contributed by atoms with Crippen LogP contribution in [0, 0.1) is 50.2 Å². The molecule has 0 radical (unpaired) electrons. The van der Waals surface area contributed by atoms with Crippen LogP contribution in [0.25, 0.3) is 0 Å². The number of fused-ring (bicyclic) bond motifs is 7. The smallest absolute Gasteiger partial charge is 0.302 e. The predicted molar refractivity (Wildman–Crippen MR) is 201 cm³/mol. The summed E-state index contributed by atoms with van der Waals surface area (Å²) in [5.41, 5.74) is 4.90. The third-order valence-electron chi connectivity index (χ3n) is 16.0. The van der Waals surface area contributed by atoms with E-state index in [1.54, 1.807) is 12.5 Å². The van der Waals surface area contributed by atoms with E-state index in [4.69, 9.17) is 14.2 Å². The molecule has 7 rings (SSSR count). The van der Waals surface area contributed by atoms with E-state index >= 15 is 0 Å². The van der Waals surface area contributed by atoms with Gasteiger partial charge in [-0.25, -0.2) is 0 Å². The van der Waals surface area contributed by atoms with Crippen LogP contribution in [0.2, 0.25) is 0 Å². The summed E-state index contributed by atoms with van der Waals surface area (Å²) >= 11 is 0. The lowest BCUT2D eigenvalue weighted by Gasteiger charge is -2.72. The van der Waals surface area contributed by atoms with Gasteiger partial charge in [0.25, 0.3) is 0 Å². The van der Waals surface area contributed by atoms with Gasteiger partial charge >= 0.3 is 5.97 Å². The lowest BCUT2D eigenvalue weighted by molar-refractivity contribution is -0.230. The number of hydrogen-bond donors (Lipinski definition) is 0. The van der Waals surface area contributed by atoms with Crippen molar-refractivity contribution < 1.29 is 19.0 Å². The molecule has 4 heteroatoms. The summed E-state index contributed by atoms with van der Waals surface area (Å²) in [5, 5.41) is 0. The molecule has 4 saturated carbocycles. The Bertz CT molecular complexity index is 1560. The first kappa shape index (κ1) is 36.0. The maximum absolute atomic E-state index is 12.5. The Morgan fingerprint density at radius 3 is 2.04 bits per heavy atom. The number of carbonyl (C=O) groups excluding carboxylic acids is 1. The molecule has 5 aliphatic carbocycles. The highest BCUT2D eigenvalue weighted by atomic mass is 16.5. The van der Waals surface area contributed by atoms with Crippen molar-refractivity contribution in [1.29, 1.82) is 0 Å². The zero-order chi connectivity index (χ0) is 35.6. The van der Waals surface area contributed by atoms with Gasteiger partial charge in [-0.1, -0.05) is 121 Å². The predicted octanol–water partition coefficient (Wildman–Crippen LogP) is 11.1. The second-order valence-electron chi connectivity index (χ2n) is 19.3. The van der Waals surface area contributed by atoms with Crippen LogP contribution in [0.15, 0.2) is 72.3 Å². The van der Waals surface area contributed by atoms with Gasteiger partial charge in [-0.05, 0) is 108 Å². The Morgan fingerprint density at radius 1 is 0.720 bits per heavy atom. The maximum Gasteiger partial charge on any atom is 0.302 e. The third kappa shape index (κ3) is 5.83. The summed E-state index contributed by atoms with van der Waals surface area (Å²) in [6.45, 7) is 21.4. The van der Waals surface area contributed by atoms with E-state index in [9.17, 15) is 4.79 Å². The number of rotatable bonds is 8. The molecule has 10 atom stereocenters. The van der Waals surface area contributed by atoms with Gasteiger partial charge in [-0.15, -0.1) is 0 Å². The Balaban J connectivity index is 1.18. The summed E-state index contributed by atoms with van der Waals surface area (Å²) in [5.74, 6) is 1.39. The highest BCUT2D eigenvalue weighted by Gasteiger charge is 2.69. The van der Waals surface area contributed by atoms with Crippen LogP contribution < -0.4 is 0 Å². The molecule has 0 N–H and O–H groups in total. The molecule has 0 aliphatic heterocycles. The van der Waals surface area contributed by atoms with E-state index < -0.39 is 0 Å². The molecule has 2 aromatic rings. The molecule has 272 valence electrons. The van der Waals surface area contributed by atoms with Gasteiger partial charge < -0.3 is 14.2 Å². The molecular weight excluding hydrogens is 617 g/mol. The molecule has 0 aromatic heterocycles. The quantitative estimate of drug-likeness (QED) is 0.206. The number of ether oxygens (including phenoxy) is 3. The van der Waals surface area contributed by atoms with Gasteiger partial charge in [-0.3, -0.25) is 4.79 Å². The molecular formula is C46H64O4. The average Bonchev–Trinajstić information content (AvgIpc) is 3.07. The molecule has 0 spiro atoms. The lowest BCUT2D eigenvalue weighted by Crippen LogP contribution is -2.66. The topological polar surface area (TPSA) is 44.8 Å². The van der Waals surface area contributed by atoms with Crippen LogP contribution >= 0.6 is 0 Å². The Labute approximate surface area is 303 Å². The molecule has 4 nitrogen and oxygen atoms in total. The molecule has 4 fully saturated rings. The molecule has 5 aliphatic rings. The zero-order valence-corrected chi connectivity index (χ0v) is 32.4. The van der Waals surface area contributed by atoms with Crippen LogP contribution in [0.4, 0.5) is 0 Å².